The number of rotatable bonds is 7. The van der Waals surface area contributed by atoms with E-state index in [4.69, 9.17) is 4.74 Å². The standard InChI is InChI=1S/C25H21F6NO2/c1-15-5-10-22(34-2)17(12-15)13-19(33)14-20(16-6-8-18(9-7-16)24(26,27)28)23-21(25(29,30)31)4-3-11-32-23/h3-12,20H,13-14H2,1-2H3/t20-/m0/s1. The average molecular weight is 481 g/mol. The van der Waals surface area contributed by atoms with Crippen molar-refractivity contribution in [1.82, 2.24) is 4.98 Å². The van der Waals surface area contributed by atoms with E-state index in [9.17, 15) is 31.1 Å². The highest BCUT2D eigenvalue weighted by atomic mass is 19.4. The van der Waals surface area contributed by atoms with Crippen molar-refractivity contribution in [2.45, 2.75) is 38.0 Å². The second-order valence-electron chi connectivity index (χ2n) is 7.84. The Morgan fingerprint density at radius 1 is 0.971 bits per heavy atom. The third-order valence-electron chi connectivity index (χ3n) is 5.37. The van der Waals surface area contributed by atoms with Crippen LogP contribution in [0.3, 0.4) is 0 Å². The van der Waals surface area contributed by atoms with Crippen molar-refractivity contribution in [1.29, 1.82) is 0 Å². The van der Waals surface area contributed by atoms with E-state index in [2.05, 4.69) is 4.98 Å². The molecule has 3 aromatic rings. The zero-order valence-electron chi connectivity index (χ0n) is 18.3. The normalized spacial score (nSPS) is 12.9. The van der Waals surface area contributed by atoms with Crippen LogP contribution in [-0.4, -0.2) is 17.9 Å². The predicted octanol–water partition coefficient (Wildman–Crippen LogP) is 6.77. The largest absolute Gasteiger partial charge is 0.496 e. The number of methoxy groups -OCH3 is 1. The number of aromatic nitrogens is 1. The Bertz CT molecular complexity index is 1150. The minimum atomic E-state index is -4.75. The van der Waals surface area contributed by atoms with Gasteiger partial charge in [-0.15, -0.1) is 0 Å². The van der Waals surface area contributed by atoms with Gasteiger partial charge < -0.3 is 4.74 Å². The summed E-state index contributed by atoms with van der Waals surface area (Å²) in [5, 5.41) is 0. The number of hydrogen-bond donors (Lipinski definition) is 0. The Labute approximate surface area is 192 Å². The summed E-state index contributed by atoms with van der Waals surface area (Å²) in [7, 11) is 1.44. The minimum Gasteiger partial charge on any atom is -0.496 e. The molecule has 0 aliphatic carbocycles. The van der Waals surface area contributed by atoms with Gasteiger partial charge in [0.1, 0.15) is 11.5 Å². The highest BCUT2D eigenvalue weighted by Gasteiger charge is 2.37. The van der Waals surface area contributed by atoms with Crippen LogP contribution >= 0.6 is 0 Å². The number of benzene rings is 2. The van der Waals surface area contributed by atoms with Gasteiger partial charge in [-0.05, 0) is 42.8 Å². The van der Waals surface area contributed by atoms with Crippen LogP contribution in [0.25, 0.3) is 0 Å². The highest BCUT2D eigenvalue weighted by molar-refractivity contribution is 5.83. The zero-order chi connectivity index (χ0) is 25.1. The second kappa shape index (κ2) is 9.87. The van der Waals surface area contributed by atoms with Gasteiger partial charge in [-0.25, -0.2) is 0 Å². The molecule has 0 saturated heterocycles. The van der Waals surface area contributed by atoms with E-state index in [0.29, 0.717) is 11.3 Å². The Balaban J connectivity index is 2.01. The molecule has 0 unspecified atom stereocenters. The number of nitrogens with zero attached hydrogens (tertiary/aromatic N) is 1. The fourth-order valence-electron chi connectivity index (χ4n) is 3.77. The summed E-state index contributed by atoms with van der Waals surface area (Å²) in [5.74, 6) is -1.14. The quantitative estimate of drug-likeness (QED) is 0.350. The molecule has 0 amide bonds. The van der Waals surface area contributed by atoms with E-state index >= 15 is 0 Å². The van der Waals surface area contributed by atoms with Crippen LogP contribution in [0.2, 0.25) is 0 Å². The smallest absolute Gasteiger partial charge is 0.418 e. The molecule has 0 fully saturated rings. The molecule has 1 aromatic heterocycles. The third-order valence-corrected chi connectivity index (χ3v) is 5.37. The fourth-order valence-corrected chi connectivity index (χ4v) is 3.77. The molecule has 0 bridgehead atoms. The number of alkyl halides is 6. The number of carbonyl (C=O) groups excluding carboxylic acids is 1. The Morgan fingerprint density at radius 3 is 2.24 bits per heavy atom. The van der Waals surface area contributed by atoms with Gasteiger partial charge in [-0.2, -0.15) is 26.3 Å². The second-order valence-corrected chi connectivity index (χ2v) is 7.84. The molecule has 34 heavy (non-hydrogen) atoms. The Hall–Kier alpha value is -3.36. The number of ketones is 1. The molecule has 0 radical (unpaired) electrons. The molecule has 1 atom stereocenters. The molecule has 1 heterocycles. The molecule has 0 N–H and O–H groups in total. The first-order chi connectivity index (χ1) is 15.9. The van der Waals surface area contributed by atoms with E-state index in [1.54, 1.807) is 18.2 Å². The summed E-state index contributed by atoms with van der Waals surface area (Å²) in [5.41, 5.74) is -0.840. The molecule has 2 aromatic carbocycles. The van der Waals surface area contributed by atoms with Gasteiger partial charge in [0.25, 0.3) is 0 Å². The molecule has 0 aliphatic heterocycles. The lowest BCUT2D eigenvalue weighted by atomic mass is 9.86. The molecular weight excluding hydrogens is 460 g/mol. The molecular formula is C25H21F6NO2. The summed E-state index contributed by atoms with van der Waals surface area (Å²) >= 11 is 0. The first-order valence-electron chi connectivity index (χ1n) is 10.2. The van der Waals surface area contributed by atoms with Crippen molar-refractivity contribution in [3.8, 4) is 5.75 Å². The van der Waals surface area contributed by atoms with Crippen LogP contribution < -0.4 is 4.74 Å². The van der Waals surface area contributed by atoms with Crippen molar-refractivity contribution < 1.29 is 35.9 Å². The molecule has 9 heteroatoms. The van der Waals surface area contributed by atoms with E-state index in [1.165, 1.54) is 7.11 Å². The third kappa shape index (κ3) is 5.95. The Kier molecular flexibility index (Phi) is 7.33. The molecule has 180 valence electrons. The maximum Gasteiger partial charge on any atom is 0.418 e. The Morgan fingerprint density at radius 2 is 1.65 bits per heavy atom. The number of pyridine rings is 1. The van der Waals surface area contributed by atoms with Crippen molar-refractivity contribution in [3.05, 3.63) is 94.3 Å². The summed E-state index contributed by atoms with van der Waals surface area (Å²) in [6.07, 6.45) is -8.70. The lowest BCUT2D eigenvalue weighted by Gasteiger charge is -2.21. The zero-order valence-corrected chi connectivity index (χ0v) is 18.3. The average Bonchev–Trinajstić information content (AvgIpc) is 2.76. The lowest BCUT2D eigenvalue weighted by Crippen LogP contribution is -2.18. The summed E-state index contributed by atoms with van der Waals surface area (Å²) in [6.45, 7) is 1.82. The fraction of sp³-hybridized carbons (Fsp3) is 0.280. The van der Waals surface area contributed by atoms with Gasteiger partial charge in [-0.1, -0.05) is 29.8 Å². The van der Waals surface area contributed by atoms with Crippen molar-refractivity contribution in [2.75, 3.05) is 7.11 Å². The number of ether oxygens (including phenoxy) is 1. The number of Topliss-reactive ketones (excluding diaryl/α,β-unsaturated/α-hetero) is 1. The number of halogens is 6. The van der Waals surface area contributed by atoms with Gasteiger partial charge in [0, 0.05) is 30.5 Å². The van der Waals surface area contributed by atoms with Gasteiger partial charge in [0.15, 0.2) is 0 Å². The van der Waals surface area contributed by atoms with Crippen molar-refractivity contribution in [2.24, 2.45) is 0 Å². The SMILES string of the molecule is COc1ccc(C)cc1CC(=O)C[C@@H](c1ccc(C(F)(F)F)cc1)c1ncccc1C(F)(F)F. The first kappa shape index (κ1) is 25.3. The summed E-state index contributed by atoms with van der Waals surface area (Å²) in [4.78, 5) is 16.9. The van der Waals surface area contributed by atoms with Gasteiger partial charge in [0.2, 0.25) is 0 Å². The van der Waals surface area contributed by atoms with Crippen molar-refractivity contribution in [3.63, 3.8) is 0 Å². The van der Waals surface area contributed by atoms with Gasteiger partial charge in [0.05, 0.1) is 23.9 Å². The molecule has 0 aliphatic rings. The maximum absolute atomic E-state index is 13.7. The first-order valence-corrected chi connectivity index (χ1v) is 10.2. The summed E-state index contributed by atoms with van der Waals surface area (Å²) < 4.78 is 85.3. The number of carbonyl (C=O) groups is 1. The van der Waals surface area contributed by atoms with Gasteiger partial charge >= 0.3 is 12.4 Å². The van der Waals surface area contributed by atoms with E-state index < -0.39 is 40.9 Å². The molecule has 3 nitrogen and oxygen atoms in total. The van der Waals surface area contributed by atoms with Crippen molar-refractivity contribution >= 4 is 5.78 Å². The van der Waals surface area contributed by atoms with Crippen LogP contribution in [0.15, 0.2) is 60.8 Å². The number of aryl methyl sites for hydroxylation is 1. The highest BCUT2D eigenvalue weighted by Crippen LogP contribution is 2.39. The van der Waals surface area contributed by atoms with Crippen LogP contribution in [0.1, 0.15) is 45.8 Å². The van der Waals surface area contributed by atoms with Gasteiger partial charge in [-0.3, -0.25) is 9.78 Å². The van der Waals surface area contributed by atoms with Crippen LogP contribution in [0.5, 0.6) is 5.75 Å². The summed E-state index contributed by atoms with van der Waals surface area (Å²) in [6, 6.07) is 10.9. The monoisotopic (exact) mass is 481 g/mol. The van der Waals surface area contributed by atoms with E-state index in [0.717, 1.165) is 48.2 Å². The molecule has 0 saturated carbocycles. The minimum absolute atomic E-state index is 0.115. The van der Waals surface area contributed by atoms with E-state index in [-0.39, 0.29) is 18.4 Å². The number of hydrogen-bond acceptors (Lipinski definition) is 3. The molecule has 0 spiro atoms. The maximum atomic E-state index is 13.7. The lowest BCUT2D eigenvalue weighted by molar-refractivity contribution is -0.139. The molecule has 3 rings (SSSR count). The topological polar surface area (TPSA) is 39.2 Å². The van der Waals surface area contributed by atoms with Crippen LogP contribution in [0, 0.1) is 6.92 Å². The van der Waals surface area contributed by atoms with Crippen LogP contribution in [-0.2, 0) is 23.6 Å². The van der Waals surface area contributed by atoms with Crippen LogP contribution in [0.4, 0.5) is 26.3 Å². The predicted molar refractivity (Wildman–Crippen MR) is 114 cm³/mol. The van der Waals surface area contributed by atoms with E-state index in [1.807, 2.05) is 6.92 Å².